The Balaban J connectivity index is 1.83. The summed E-state index contributed by atoms with van der Waals surface area (Å²) in [6.07, 6.45) is 1.52. The van der Waals surface area contributed by atoms with Crippen molar-refractivity contribution in [2.45, 2.75) is 51.9 Å². The number of carbonyl (C=O) groups is 2. The number of hydrogen-bond acceptors (Lipinski definition) is 6. The molecule has 0 saturated heterocycles. The largest absolute Gasteiger partial charge is 0.468 e. The highest BCUT2D eigenvalue weighted by atomic mass is 32.2. The van der Waals surface area contributed by atoms with Crippen LogP contribution >= 0.6 is 0 Å². The van der Waals surface area contributed by atoms with E-state index in [-0.39, 0.29) is 41.0 Å². The van der Waals surface area contributed by atoms with Crippen LogP contribution in [-0.4, -0.2) is 33.9 Å². The van der Waals surface area contributed by atoms with Crippen molar-refractivity contribution in [2.75, 3.05) is 13.7 Å². The third-order valence-corrected chi connectivity index (χ3v) is 8.48. The van der Waals surface area contributed by atoms with Crippen LogP contribution in [0.15, 0.2) is 29.2 Å². The first-order valence-electron chi connectivity index (χ1n) is 10.6. The number of carbonyl (C=O) groups excluding carboxylic acids is 2. The molecule has 1 unspecified atom stereocenters. The molecule has 1 aromatic carbocycles. The Bertz CT molecular complexity index is 904. The first kappa shape index (κ1) is 22.9. The van der Waals surface area contributed by atoms with Crippen LogP contribution in [0.5, 0.6) is 0 Å². The van der Waals surface area contributed by atoms with Gasteiger partial charge in [0.05, 0.1) is 18.6 Å². The lowest BCUT2D eigenvalue weighted by atomic mass is 9.61. The maximum absolute atomic E-state index is 13.2. The normalized spacial score (nSPS) is 31.2. The Labute approximate surface area is 179 Å². The number of methoxy groups -OCH3 is 1. The molecule has 5 atom stereocenters. The van der Waals surface area contributed by atoms with Crippen molar-refractivity contribution in [3.05, 3.63) is 29.8 Å². The first-order chi connectivity index (χ1) is 14.0. The van der Waals surface area contributed by atoms with Gasteiger partial charge in [-0.05, 0) is 62.0 Å². The fourth-order valence-corrected chi connectivity index (χ4v) is 6.60. The molecule has 0 amide bonds. The van der Waals surface area contributed by atoms with Crippen LogP contribution in [0.3, 0.4) is 0 Å². The minimum absolute atomic E-state index is 0.0669. The third kappa shape index (κ3) is 3.82. The number of ketones is 1. The van der Waals surface area contributed by atoms with Gasteiger partial charge in [0.15, 0.2) is 5.78 Å². The predicted molar refractivity (Wildman–Crippen MR) is 112 cm³/mol. The van der Waals surface area contributed by atoms with Gasteiger partial charge in [0.25, 0.3) is 10.1 Å². The van der Waals surface area contributed by atoms with Crippen molar-refractivity contribution in [1.29, 1.82) is 0 Å². The van der Waals surface area contributed by atoms with Gasteiger partial charge in [-0.2, -0.15) is 8.42 Å². The number of fused-ring (bicyclic) bond motifs is 2. The number of aryl methyl sites for hydroxylation is 1. The molecule has 0 heterocycles. The van der Waals surface area contributed by atoms with Gasteiger partial charge in [0.2, 0.25) is 0 Å². The lowest BCUT2D eigenvalue weighted by Gasteiger charge is -2.40. The van der Waals surface area contributed by atoms with Gasteiger partial charge in [-0.1, -0.05) is 38.5 Å². The summed E-state index contributed by atoms with van der Waals surface area (Å²) < 4.78 is 35.5. The van der Waals surface area contributed by atoms with Crippen molar-refractivity contribution in [3.63, 3.8) is 0 Å². The third-order valence-electron chi connectivity index (χ3n) is 7.15. The van der Waals surface area contributed by atoms with Gasteiger partial charge in [0.1, 0.15) is 5.41 Å². The van der Waals surface area contributed by atoms with E-state index in [1.54, 1.807) is 12.1 Å². The average molecular weight is 437 g/mol. The zero-order valence-corrected chi connectivity index (χ0v) is 19.2. The zero-order chi connectivity index (χ0) is 22.3. The van der Waals surface area contributed by atoms with Gasteiger partial charge in [-0.3, -0.25) is 13.8 Å². The summed E-state index contributed by atoms with van der Waals surface area (Å²) in [6.45, 7) is 7.92. The van der Waals surface area contributed by atoms with Crippen LogP contribution in [0.2, 0.25) is 0 Å². The van der Waals surface area contributed by atoms with Gasteiger partial charge in [-0.15, -0.1) is 0 Å². The summed E-state index contributed by atoms with van der Waals surface area (Å²) in [4.78, 5) is 26.2. The molecule has 0 spiro atoms. The van der Waals surface area contributed by atoms with E-state index in [0.29, 0.717) is 18.8 Å². The molecule has 2 aliphatic rings. The molecule has 2 fully saturated rings. The second kappa shape index (κ2) is 8.42. The SMILES string of the molecule is COC(=O)[C@]12C[C@@H](C(C)C)[C@H](C[C@@H](C)C1=O)C2CCOS(=O)(=O)c1ccc(C)cc1. The molecule has 6 nitrogen and oxygen atoms in total. The van der Waals surface area contributed by atoms with Crippen molar-refractivity contribution < 1.29 is 26.9 Å². The van der Waals surface area contributed by atoms with E-state index in [1.807, 2.05) is 13.8 Å². The minimum atomic E-state index is -3.89. The number of benzene rings is 1. The first-order valence-corrected chi connectivity index (χ1v) is 12.0. The van der Waals surface area contributed by atoms with Crippen LogP contribution < -0.4 is 0 Å². The smallest absolute Gasteiger partial charge is 0.319 e. The fourth-order valence-electron chi connectivity index (χ4n) is 5.68. The van der Waals surface area contributed by atoms with Gasteiger partial charge in [0, 0.05) is 5.92 Å². The highest BCUT2D eigenvalue weighted by molar-refractivity contribution is 7.86. The standard InChI is InChI=1S/C23H32O6S/c1-14(2)19-13-23(22(25)28-5)20(18(19)12-16(4)21(23)24)10-11-29-30(26,27)17-8-6-15(3)7-9-17/h6-9,14,16,18-20H,10-13H2,1-5H3/t16-,18+,19+,20?,23+/m1/s1. The van der Waals surface area contributed by atoms with Gasteiger partial charge in [-0.25, -0.2) is 0 Å². The molecule has 0 aliphatic heterocycles. The molecule has 1 aromatic rings. The summed E-state index contributed by atoms with van der Waals surface area (Å²) in [5.74, 6) is -0.321. The maximum Gasteiger partial charge on any atom is 0.319 e. The van der Waals surface area contributed by atoms with E-state index >= 15 is 0 Å². The van der Waals surface area contributed by atoms with Gasteiger partial charge >= 0.3 is 5.97 Å². The highest BCUT2D eigenvalue weighted by Crippen LogP contribution is 2.61. The fraction of sp³-hybridized carbons (Fsp3) is 0.652. The zero-order valence-electron chi connectivity index (χ0n) is 18.4. The monoisotopic (exact) mass is 436 g/mol. The number of rotatable bonds is 7. The molecule has 0 radical (unpaired) electrons. The Morgan fingerprint density at radius 3 is 2.43 bits per heavy atom. The maximum atomic E-state index is 13.2. The van der Waals surface area contributed by atoms with E-state index in [9.17, 15) is 18.0 Å². The van der Waals surface area contributed by atoms with Crippen LogP contribution in [0.1, 0.15) is 45.6 Å². The number of Topliss-reactive ketones (excluding diaryl/α,β-unsaturated/α-hetero) is 1. The van der Waals surface area contributed by atoms with Crippen molar-refractivity contribution >= 4 is 21.9 Å². The van der Waals surface area contributed by atoms with E-state index in [4.69, 9.17) is 8.92 Å². The Kier molecular flexibility index (Phi) is 6.44. The minimum Gasteiger partial charge on any atom is -0.468 e. The molecule has 7 heteroatoms. The summed E-state index contributed by atoms with van der Waals surface area (Å²) in [6, 6.07) is 6.48. The van der Waals surface area contributed by atoms with Crippen LogP contribution in [0, 0.1) is 41.9 Å². The van der Waals surface area contributed by atoms with Crippen molar-refractivity contribution in [3.8, 4) is 0 Å². The molecule has 2 bridgehead atoms. The summed E-state index contributed by atoms with van der Waals surface area (Å²) >= 11 is 0. The second-order valence-electron chi connectivity index (χ2n) is 9.22. The van der Waals surface area contributed by atoms with E-state index in [0.717, 1.165) is 12.0 Å². The molecule has 166 valence electrons. The van der Waals surface area contributed by atoms with E-state index in [1.165, 1.54) is 19.2 Å². The number of ether oxygens (including phenoxy) is 1. The summed E-state index contributed by atoms with van der Waals surface area (Å²) in [5, 5.41) is 0. The highest BCUT2D eigenvalue weighted by Gasteiger charge is 2.66. The summed E-state index contributed by atoms with van der Waals surface area (Å²) in [7, 11) is -2.58. The molecular weight excluding hydrogens is 404 g/mol. The van der Waals surface area contributed by atoms with Crippen LogP contribution in [-0.2, 0) is 28.6 Å². The quantitative estimate of drug-likeness (QED) is 0.367. The number of esters is 1. The molecule has 3 rings (SSSR count). The molecule has 2 aliphatic carbocycles. The molecule has 30 heavy (non-hydrogen) atoms. The molecular formula is C23H32O6S. The molecule has 0 aromatic heterocycles. The molecule has 0 N–H and O–H groups in total. The topological polar surface area (TPSA) is 86.7 Å². The average Bonchev–Trinajstić information content (AvgIpc) is 2.95. The van der Waals surface area contributed by atoms with Crippen molar-refractivity contribution in [2.24, 2.45) is 35.0 Å². The lowest BCUT2D eigenvalue weighted by Crippen LogP contribution is -2.50. The second-order valence-corrected chi connectivity index (χ2v) is 10.8. The number of hydrogen-bond donors (Lipinski definition) is 0. The predicted octanol–water partition coefficient (Wildman–Crippen LogP) is 3.77. The van der Waals surface area contributed by atoms with E-state index < -0.39 is 21.5 Å². The Morgan fingerprint density at radius 2 is 1.87 bits per heavy atom. The van der Waals surface area contributed by atoms with Crippen molar-refractivity contribution in [1.82, 2.24) is 0 Å². The lowest BCUT2D eigenvalue weighted by molar-refractivity contribution is -0.165. The van der Waals surface area contributed by atoms with Crippen LogP contribution in [0.25, 0.3) is 0 Å². The van der Waals surface area contributed by atoms with E-state index in [2.05, 4.69) is 13.8 Å². The molecule has 2 saturated carbocycles. The van der Waals surface area contributed by atoms with Gasteiger partial charge < -0.3 is 4.74 Å². The Morgan fingerprint density at radius 1 is 1.23 bits per heavy atom. The summed E-state index contributed by atoms with van der Waals surface area (Å²) in [5.41, 5.74) is -0.233. The Hall–Kier alpha value is -1.73. The van der Waals surface area contributed by atoms with Crippen LogP contribution in [0.4, 0.5) is 0 Å².